The van der Waals surface area contributed by atoms with Gasteiger partial charge in [-0.3, -0.25) is 9.59 Å². The molecule has 2 atom stereocenters. The molecular weight excluding hydrogens is 408 g/mol. The molecule has 0 aromatic heterocycles. The molecule has 1 aliphatic heterocycles. The normalized spacial score (nSPS) is 18.0. The zero-order valence-electron chi connectivity index (χ0n) is 18.1. The lowest BCUT2D eigenvalue weighted by Crippen LogP contribution is -2.48. The van der Waals surface area contributed by atoms with Crippen molar-refractivity contribution < 1.29 is 24.2 Å². The molecule has 2 aromatic carbocycles. The van der Waals surface area contributed by atoms with Gasteiger partial charge in [0.15, 0.2) is 0 Å². The van der Waals surface area contributed by atoms with Crippen LogP contribution in [0.4, 0.5) is 4.79 Å². The molecule has 32 heavy (non-hydrogen) atoms. The van der Waals surface area contributed by atoms with Gasteiger partial charge in [-0.1, -0.05) is 61.9 Å². The fourth-order valence-electron chi connectivity index (χ4n) is 4.71. The van der Waals surface area contributed by atoms with Crippen LogP contribution < -0.4 is 5.32 Å². The van der Waals surface area contributed by atoms with Crippen molar-refractivity contribution in [2.24, 2.45) is 5.92 Å². The minimum atomic E-state index is -0.892. The van der Waals surface area contributed by atoms with Gasteiger partial charge in [-0.25, -0.2) is 4.79 Å². The number of likely N-dealkylation sites (tertiary alicyclic amines) is 1. The van der Waals surface area contributed by atoms with Crippen molar-refractivity contribution in [3.05, 3.63) is 59.7 Å². The third-order valence-corrected chi connectivity index (χ3v) is 6.36. The van der Waals surface area contributed by atoms with Crippen LogP contribution >= 0.6 is 0 Å². The zero-order valence-corrected chi connectivity index (χ0v) is 18.1. The van der Waals surface area contributed by atoms with E-state index in [9.17, 15) is 19.5 Å². The highest BCUT2D eigenvalue weighted by molar-refractivity contribution is 5.86. The molecule has 7 heteroatoms. The van der Waals surface area contributed by atoms with Crippen LogP contribution in [0.2, 0.25) is 0 Å². The fourth-order valence-corrected chi connectivity index (χ4v) is 4.71. The van der Waals surface area contributed by atoms with E-state index in [1.165, 1.54) is 4.90 Å². The Morgan fingerprint density at radius 3 is 2.28 bits per heavy atom. The summed E-state index contributed by atoms with van der Waals surface area (Å²) in [5.74, 6) is -1.74. The molecule has 1 fully saturated rings. The van der Waals surface area contributed by atoms with Gasteiger partial charge in [-0.15, -0.1) is 0 Å². The monoisotopic (exact) mass is 436 g/mol. The predicted octanol–water partition coefficient (Wildman–Crippen LogP) is 3.63. The van der Waals surface area contributed by atoms with Gasteiger partial charge < -0.3 is 20.1 Å². The topological polar surface area (TPSA) is 95.9 Å². The van der Waals surface area contributed by atoms with Crippen molar-refractivity contribution in [3.8, 4) is 11.1 Å². The SMILES string of the molecule is CCCC(NC(=O)OCC1c2ccccc2-c2ccccc21)C(=O)N1CCC(C(=O)O)C1. The van der Waals surface area contributed by atoms with Crippen molar-refractivity contribution in [1.82, 2.24) is 10.2 Å². The van der Waals surface area contributed by atoms with Gasteiger partial charge in [0.05, 0.1) is 5.92 Å². The Morgan fingerprint density at radius 1 is 1.09 bits per heavy atom. The van der Waals surface area contributed by atoms with E-state index in [4.69, 9.17) is 4.74 Å². The number of fused-ring (bicyclic) bond motifs is 3. The number of rotatable bonds is 7. The number of carboxylic acids is 1. The summed E-state index contributed by atoms with van der Waals surface area (Å²) in [6.07, 6.45) is 0.978. The van der Waals surface area contributed by atoms with Gasteiger partial charge in [-0.2, -0.15) is 0 Å². The number of ether oxygens (including phenoxy) is 1. The summed E-state index contributed by atoms with van der Waals surface area (Å²) >= 11 is 0. The molecule has 1 heterocycles. The van der Waals surface area contributed by atoms with E-state index in [1.54, 1.807) is 0 Å². The van der Waals surface area contributed by atoms with Crippen LogP contribution in [0.3, 0.4) is 0 Å². The Hall–Kier alpha value is -3.35. The number of nitrogens with zero attached hydrogens (tertiary/aromatic N) is 1. The number of hydrogen-bond donors (Lipinski definition) is 2. The highest BCUT2D eigenvalue weighted by Gasteiger charge is 2.35. The average molecular weight is 437 g/mol. The highest BCUT2D eigenvalue weighted by Crippen LogP contribution is 2.44. The third kappa shape index (κ3) is 4.33. The second kappa shape index (κ2) is 9.42. The van der Waals surface area contributed by atoms with Crippen LogP contribution in [-0.2, 0) is 14.3 Å². The lowest BCUT2D eigenvalue weighted by atomic mass is 9.98. The lowest BCUT2D eigenvalue weighted by molar-refractivity contribution is -0.141. The maximum atomic E-state index is 12.9. The van der Waals surface area contributed by atoms with Gasteiger partial charge in [0.25, 0.3) is 0 Å². The van der Waals surface area contributed by atoms with E-state index >= 15 is 0 Å². The summed E-state index contributed by atoms with van der Waals surface area (Å²) in [7, 11) is 0. The molecule has 2 aromatic rings. The van der Waals surface area contributed by atoms with Crippen LogP contribution in [0, 0.1) is 5.92 Å². The van der Waals surface area contributed by atoms with Crippen LogP contribution in [0.1, 0.15) is 43.2 Å². The van der Waals surface area contributed by atoms with E-state index in [1.807, 2.05) is 31.2 Å². The molecule has 7 nitrogen and oxygen atoms in total. The molecule has 2 aliphatic rings. The quantitative estimate of drug-likeness (QED) is 0.691. The van der Waals surface area contributed by atoms with Gasteiger partial charge in [0.2, 0.25) is 5.91 Å². The number of carbonyl (C=O) groups excluding carboxylic acids is 2. The van der Waals surface area contributed by atoms with E-state index in [0.29, 0.717) is 25.8 Å². The molecule has 168 valence electrons. The number of aliphatic carboxylic acids is 1. The minimum Gasteiger partial charge on any atom is -0.481 e. The Balaban J connectivity index is 1.39. The predicted molar refractivity (Wildman–Crippen MR) is 119 cm³/mol. The van der Waals surface area contributed by atoms with Crippen molar-refractivity contribution in [1.29, 1.82) is 0 Å². The number of carboxylic acid groups (broad SMARTS) is 1. The maximum Gasteiger partial charge on any atom is 0.407 e. The summed E-state index contributed by atoms with van der Waals surface area (Å²) in [4.78, 5) is 38.2. The van der Waals surface area contributed by atoms with Crippen molar-refractivity contribution in [2.75, 3.05) is 19.7 Å². The largest absolute Gasteiger partial charge is 0.481 e. The lowest BCUT2D eigenvalue weighted by Gasteiger charge is -2.24. The van der Waals surface area contributed by atoms with Crippen LogP contribution in [0.15, 0.2) is 48.5 Å². The summed E-state index contributed by atoms with van der Waals surface area (Å²) in [5, 5.41) is 11.9. The Morgan fingerprint density at radius 2 is 1.72 bits per heavy atom. The van der Waals surface area contributed by atoms with Gasteiger partial charge in [0.1, 0.15) is 12.6 Å². The first-order chi connectivity index (χ1) is 15.5. The average Bonchev–Trinajstić information content (AvgIpc) is 3.41. The first-order valence-corrected chi connectivity index (χ1v) is 11.1. The molecule has 2 amide bonds. The van der Waals surface area contributed by atoms with Crippen LogP contribution in [0.5, 0.6) is 0 Å². The molecule has 0 spiro atoms. The van der Waals surface area contributed by atoms with Gasteiger partial charge in [0, 0.05) is 19.0 Å². The summed E-state index contributed by atoms with van der Waals surface area (Å²) < 4.78 is 5.57. The summed E-state index contributed by atoms with van der Waals surface area (Å²) in [5.41, 5.74) is 4.55. The van der Waals surface area contributed by atoms with Crippen LogP contribution in [0.25, 0.3) is 11.1 Å². The van der Waals surface area contributed by atoms with Gasteiger partial charge in [-0.05, 0) is 35.1 Å². The Labute approximate surface area is 187 Å². The number of hydrogen-bond acceptors (Lipinski definition) is 4. The first-order valence-electron chi connectivity index (χ1n) is 11.1. The first kappa shape index (κ1) is 21.9. The third-order valence-electron chi connectivity index (χ3n) is 6.36. The molecule has 2 N–H and O–H groups in total. The number of nitrogens with one attached hydrogen (secondary N) is 1. The fraction of sp³-hybridized carbons (Fsp3) is 0.400. The molecular formula is C25H28N2O5. The molecule has 4 rings (SSSR count). The van der Waals surface area contributed by atoms with E-state index in [2.05, 4.69) is 29.6 Å². The van der Waals surface area contributed by atoms with Crippen molar-refractivity contribution >= 4 is 18.0 Å². The van der Waals surface area contributed by atoms with Crippen LogP contribution in [-0.4, -0.2) is 53.7 Å². The van der Waals surface area contributed by atoms with Gasteiger partial charge >= 0.3 is 12.1 Å². The zero-order chi connectivity index (χ0) is 22.7. The molecule has 0 radical (unpaired) electrons. The summed E-state index contributed by atoms with van der Waals surface area (Å²) in [6, 6.07) is 15.5. The molecule has 2 unspecified atom stereocenters. The highest BCUT2D eigenvalue weighted by atomic mass is 16.5. The Bertz CT molecular complexity index is 975. The molecule has 1 saturated heterocycles. The summed E-state index contributed by atoms with van der Waals surface area (Å²) in [6.45, 7) is 2.69. The smallest absolute Gasteiger partial charge is 0.407 e. The number of alkyl carbamates (subject to hydrolysis) is 1. The van der Waals surface area contributed by atoms with E-state index in [-0.39, 0.29) is 25.0 Å². The number of benzene rings is 2. The maximum absolute atomic E-state index is 12.9. The minimum absolute atomic E-state index is 0.0524. The van der Waals surface area contributed by atoms with E-state index < -0.39 is 24.0 Å². The van der Waals surface area contributed by atoms with E-state index in [0.717, 1.165) is 22.3 Å². The molecule has 0 saturated carbocycles. The number of amides is 2. The Kier molecular flexibility index (Phi) is 6.44. The standard InChI is InChI=1S/C25H28N2O5/c1-2-7-22(23(28)27-13-12-16(14-27)24(29)30)26-25(31)32-15-21-19-10-5-3-8-17(19)18-9-4-6-11-20(18)21/h3-6,8-11,16,21-22H,2,7,12-15H2,1H3,(H,26,31)(H,29,30). The second-order valence-corrected chi connectivity index (χ2v) is 8.42. The van der Waals surface area contributed by atoms with Crippen molar-refractivity contribution in [3.63, 3.8) is 0 Å². The van der Waals surface area contributed by atoms with Crippen molar-refractivity contribution in [2.45, 2.75) is 38.1 Å². The molecule has 0 bridgehead atoms. The second-order valence-electron chi connectivity index (χ2n) is 8.42. The molecule has 1 aliphatic carbocycles. The number of carbonyl (C=O) groups is 3.